The highest BCUT2D eigenvalue weighted by atomic mass is 35.5. The van der Waals surface area contributed by atoms with Crippen LogP contribution in [0.25, 0.3) is 22.3 Å². The van der Waals surface area contributed by atoms with E-state index < -0.39 is 0 Å². The number of rotatable bonds is 6. The highest BCUT2D eigenvalue weighted by Crippen LogP contribution is 2.36. The molecule has 0 spiro atoms. The predicted molar refractivity (Wildman–Crippen MR) is 117 cm³/mol. The van der Waals surface area contributed by atoms with Crippen molar-refractivity contribution in [1.29, 1.82) is 0 Å². The van der Waals surface area contributed by atoms with Gasteiger partial charge in [-0.2, -0.15) is 5.10 Å². The van der Waals surface area contributed by atoms with Crippen LogP contribution in [0, 0.1) is 0 Å². The zero-order valence-corrected chi connectivity index (χ0v) is 17.4. The first-order valence-electron chi connectivity index (χ1n) is 9.46. The van der Waals surface area contributed by atoms with Crippen LogP contribution in [0.15, 0.2) is 55.0 Å². The average Bonchev–Trinajstić information content (AvgIpc) is 3.18. The SMILES string of the molecule is CCCN(c1ccc2ncc(-c3cnn(C)c3)nc2c1)c1cc(OC)ccc1Cl. The molecule has 0 fully saturated rings. The molecule has 0 radical (unpaired) electrons. The lowest BCUT2D eigenvalue weighted by atomic mass is 10.2. The highest BCUT2D eigenvalue weighted by molar-refractivity contribution is 6.33. The van der Waals surface area contributed by atoms with Gasteiger partial charge in [-0.1, -0.05) is 18.5 Å². The van der Waals surface area contributed by atoms with E-state index in [2.05, 4.69) is 21.9 Å². The number of aromatic nitrogens is 4. The third-order valence-electron chi connectivity index (χ3n) is 4.73. The maximum atomic E-state index is 6.52. The van der Waals surface area contributed by atoms with Crippen LogP contribution >= 0.6 is 11.6 Å². The van der Waals surface area contributed by atoms with Crippen molar-refractivity contribution in [2.45, 2.75) is 13.3 Å². The van der Waals surface area contributed by atoms with Gasteiger partial charge in [-0.3, -0.25) is 9.67 Å². The van der Waals surface area contributed by atoms with Gasteiger partial charge in [0.25, 0.3) is 0 Å². The Labute approximate surface area is 174 Å². The van der Waals surface area contributed by atoms with Crippen LogP contribution in [-0.2, 0) is 7.05 Å². The van der Waals surface area contributed by atoms with Gasteiger partial charge in [-0.25, -0.2) is 4.98 Å². The van der Waals surface area contributed by atoms with Crippen molar-refractivity contribution < 1.29 is 4.74 Å². The lowest BCUT2D eigenvalue weighted by molar-refractivity contribution is 0.415. The molecule has 0 bridgehead atoms. The van der Waals surface area contributed by atoms with Gasteiger partial charge in [-0.15, -0.1) is 0 Å². The Balaban J connectivity index is 1.80. The van der Waals surface area contributed by atoms with E-state index in [1.54, 1.807) is 24.2 Å². The van der Waals surface area contributed by atoms with Crippen molar-refractivity contribution in [2.24, 2.45) is 7.05 Å². The lowest BCUT2D eigenvalue weighted by Gasteiger charge is -2.26. The summed E-state index contributed by atoms with van der Waals surface area (Å²) in [6.07, 6.45) is 6.47. The summed E-state index contributed by atoms with van der Waals surface area (Å²) in [7, 11) is 3.54. The number of fused-ring (bicyclic) bond motifs is 1. The Morgan fingerprint density at radius 1 is 1.10 bits per heavy atom. The van der Waals surface area contributed by atoms with Crippen molar-refractivity contribution in [2.75, 3.05) is 18.6 Å². The first-order chi connectivity index (χ1) is 14.1. The molecule has 0 saturated heterocycles. The maximum absolute atomic E-state index is 6.52. The fraction of sp³-hybridized carbons (Fsp3) is 0.227. The van der Waals surface area contributed by atoms with E-state index in [9.17, 15) is 0 Å². The number of methoxy groups -OCH3 is 1. The van der Waals surface area contributed by atoms with Crippen LogP contribution in [0.5, 0.6) is 5.75 Å². The first-order valence-corrected chi connectivity index (χ1v) is 9.83. The summed E-state index contributed by atoms with van der Waals surface area (Å²) < 4.78 is 7.15. The first kappa shape index (κ1) is 19.2. The van der Waals surface area contributed by atoms with Gasteiger partial charge in [0.15, 0.2) is 0 Å². The van der Waals surface area contributed by atoms with Crippen LogP contribution in [0.3, 0.4) is 0 Å². The van der Waals surface area contributed by atoms with Crippen molar-refractivity contribution in [3.05, 3.63) is 60.0 Å². The number of benzene rings is 2. The van der Waals surface area contributed by atoms with Gasteiger partial charge in [0.2, 0.25) is 0 Å². The molecule has 0 saturated carbocycles. The van der Waals surface area contributed by atoms with Crippen molar-refractivity contribution in [3.63, 3.8) is 0 Å². The minimum absolute atomic E-state index is 0.676. The molecule has 0 atom stereocenters. The molecule has 0 amide bonds. The predicted octanol–water partition coefficient (Wildman–Crippen LogP) is 5.24. The maximum Gasteiger partial charge on any atom is 0.121 e. The largest absolute Gasteiger partial charge is 0.497 e. The van der Waals surface area contributed by atoms with Crippen LogP contribution in [-0.4, -0.2) is 33.4 Å². The zero-order valence-electron chi connectivity index (χ0n) is 16.6. The normalized spacial score (nSPS) is 11.0. The fourth-order valence-corrected chi connectivity index (χ4v) is 3.52. The highest BCUT2D eigenvalue weighted by Gasteiger charge is 2.15. The molecule has 4 rings (SSSR count). The summed E-state index contributed by atoms with van der Waals surface area (Å²) in [4.78, 5) is 11.6. The Hall–Kier alpha value is -3.12. The van der Waals surface area contributed by atoms with Gasteiger partial charge < -0.3 is 9.64 Å². The number of halogens is 1. The second-order valence-corrected chi connectivity index (χ2v) is 7.21. The van der Waals surface area contributed by atoms with E-state index in [1.165, 1.54) is 0 Å². The quantitative estimate of drug-likeness (QED) is 0.437. The van der Waals surface area contributed by atoms with Crippen LogP contribution in [0.4, 0.5) is 11.4 Å². The molecule has 0 unspecified atom stereocenters. The zero-order chi connectivity index (χ0) is 20.4. The molecule has 0 aliphatic carbocycles. The fourth-order valence-electron chi connectivity index (χ4n) is 3.30. The van der Waals surface area contributed by atoms with Gasteiger partial charge in [0.05, 0.1) is 46.9 Å². The Kier molecular flexibility index (Phi) is 5.36. The van der Waals surface area contributed by atoms with Gasteiger partial charge in [0.1, 0.15) is 5.75 Å². The summed E-state index contributed by atoms with van der Waals surface area (Å²) in [5.41, 5.74) is 5.31. The average molecular weight is 408 g/mol. The molecule has 6 nitrogen and oxygen atoms in total. The smallest absolute Gasteiger partial charge is 0.121 e. The molecule has 0 aliphatic rings. The molecule has 0 N–H and O–H groups in total. The van der Waals surface area contributed by atoms with E-state index in [1.807, 2.05) is 49.6 Å². The molecule has 4 aromatic rings. The van der Waals surface area contributed by atoms with Crippen molar-refractivity contribution in [1.82, 2.24) is 19.7 Å². The number of aryl methyl sites for hydroxylation is 1. The Morgan fingerprint density at radius 3 is 2.69 bits per heavy atom. The summed E-state index contributed by atoms with van der Waals surface area (Å²) in [5, 5.41) is 4.90. The van der Waals surface area contributed by atoms with Crippen LogP contribution in [0.2, 0.25) is 5.02 Å². The van der Waals surface area contributed by atoms with Crippen LogP contribution < -0.4 is 9.64 Å². The second-order valence-electron chi connectivity index (χ2n) is 6.80. The standard InChI is InChI=1S/C22H22ClN5O/c1-4-9-28(22-11-17(29-3)6-7-18(22)23)16-5-8-19-20(10-16)26-21(13-24-19)15-12-25-27(2)14-15/h5-8,10-14H,4,9H2,1-3H3. The molecule has 2 heterocycles. The minimum atomic E-state index is 0.676. The molecular formula is C22H22ClN5O. The van der Waals surface area contributed by atoms with E-state index in [4.69, 9.17) is 21.3 Å². The van der Waals surface area contributed by atoms with Gasteiger partial charge in [0, 0.05) is 37.1 Å². The molecule has 2 aromatic carbocycles. The lowest BCUT2D eigenvalue weighted by Crippen LogP contribution is -2.18. The summed E-state index contributed by atoms with van der Waals surface area (Å²) >= 11 is 6.52. The van der Waals surface area contributed by atoms with Gasteiger partial charge in [-0.05, 0) is 36.8 Å². The van der Waals surface area contributed by atoms with E-state index in [0.29, 0.717) is 5.02 Å². The number of hydrogen-bond acceptors (Lipinski definition) is 5. The minimum Gasteiger partial charge on any atom is -0.497 e. The van der Waals surface area contributed by atoms with Crippen molar-refractivity contribution in [3.8, 4) is 17.0 Å². The third-order valence-corrected chi connectivity index (χ3v) is 5.05. The number of ether oxygens (including phenoxy) is 1. The summed E-state index contributed by atoms with van der Waals surface area (Å²) in [5.74, 6) is 0.768. The molecule has 29 heavy (non-hydrogen) atoms. The van der Waals surface area contributed by atoms with E-state index in [-0.39, 0.29) is 0 Å². The number of anilines is 2. The van der Waals surface area contributed by atoms with Crippen molar-refractivity contribution >= 4 is 34.0 Å². The second kappa shape index (κ2) is 8.09. The number of nitrogens with zero attached hydrogens (tertiary/aromatic N) is 5. The van der Waals surface area contributed by atoms with Gasteiger partial charge >= 0.3 is 0 Å². The van der Waals surface area contributed by atoms with E-state index >= 15 is 0 Å². The monoisotopic (exact) mass is 407 g/mol. The summed E-state index contributed by atoms with van der Waals surface area (Å²) in [6, 6.07) is 11.8. The summed E-state index contributed by atoms with van der Waals surface area (Å²) in [6.45, 7) is 2.95. The van der Waals surface area contributed by atoms with E-state index in [0.717, 1.165) is 52.4 Å². The number of hydrogen-bond donors (Lipinski definition) is 0. The van der Waals surface area contributed by atoms with Crippen LogP contribution in [0.1, 0.15) is 13.3 Å². The molecular weight excluding hydrogens is 386 g/mol. The Morgan fingerprint density at radius 2 is 1.97 bits per heavy atom. The third kappa shape index (κ3) is 3.89. The molecule has 2 aromatic heterocycles. The Bertz CT molecular complexity index is 1160. The molecule has 7 heteroatoms. The topological polar surface area (TPSA) is 56.1 Å². The molecule has 148 valence electrons. The molecule has 0 aliphatic heterocycles.